The number of nitrogens with zero attached hydrogens (tertiary/aromatic N) is 4. The second-order valence-corrected chi connectivity index (χ2v) is 12.1. The monoisotopic (exact) mass is 579 g/mol. The maximum absolute atomic E-state index is 15.2. The Bertz CT molecular complexity index is 1270. The lowest BCUT2D eigenvalue weighted by molar-refractivity contribution is -0.133. The van der Waals surface area contributed by atoms with E-state index in [1.165, 1.54) is 16.5 Å². The first kappa shape index (κ1) is 31.4. The van der Waals surface area contributed by atoms with Crippen molar-refractivity contribution in [3.8, 4) is 17.2 Å². The van der Waals surface area contributed by atoms with Gasteiger partial charge in [-0.05, 0) is 62.6 Å². The maximum Gasteiger partial charge on any atom is 0.410 e. The largest absolute Gasteiger partial charge is 0.444 e. The number of hydrogen-bond donors (Lipinski definition) is 1. The molecule has 0 aromatic heterocycles. The van der Waals surface area contributed by atoms with E-state index in [2.05, 4.69) is 40.4 Å². The molecule has 2 heterocycles. The average Bonchev–Trinajstić information content (AvgIpc) is 3.21. The Balaban J connectivity index is 1.34. The molecule has 2 fully saturated rings. The van der Waals surface area contributed by atoms with Gasteiger partial charge in [-0.15, -0.1) is 0 Å². The number of benzene rings is 2. The molecule has 2 aliphatic rings. The zero-order valence-electron chi connectivity index (χ0n) is 25.1. The summed E-state index contributed by atoms with van der Waals surface area (Å²) >= 11 is 0. The molecule has 2 saturated heterocycles. The molecule has 4 rings (SSSR count). The number of piperazine rings is 1. The number of nitrogens with one attached hydrogen (secondary N) is 1. The Kier molecular flexibility index (Phi) is 10.5. The Morgan fingerprint density at radius 3 is 2.43 bits per heavy atom. The topological polar surface area (TPSA) is 98.1 Å². The first-order valence-electron chi connectivity index (χ1n) is 14.6. The molecule has 42 heavy (non-hydrogen) atoms. The normalized spacial score (nSPS) is 19.4. The molecule has 0 saturated carbocycles. The predicted molar refractivity (Wildman–Crippen MR) is 158 cm³/mol. The van der Waals surface area contributed by atoms with E-state index in [0.717, 1.165) is 43.9 Å². The van der Waals surface area contributed by atoms with Gasteiger partial charge in [0.05, 0.1) is 12.6 Å². The number of likely N-dealkylation sites (N-methyl/N-ethyl adjacent to an activating group) is 1. The van der Waals surface area contributed by atoms with Crippen LogP contribution in [0, 0.1) is 17.1 Å². The highest BCUT2D eigenvalue weighted by molar-refractivity contribution is 5.82. The molecule has 2 atom stereocenters. The maximum atomic E-state index is 15.2. The minimum atomic E-state index is -0.964. The van der Waals surface area contributed by atoms with Gasteiger partial charge in [-0.25, -0.2) is 9.18 Å². The summed E-state index contributed by atoms with van der Waals surface area (Å²) in [4.78, 5) is 31.8. The number of carbonyl (C=O) groups excluding carboxylic acids is 2. The zero-order valence-corrected chi connectivity index (χ0v) is 25.1. The van der Waals surface area contributed by atoms with E-state index in [1.807, 2.05) is 18.2 Å². The van der Waals surface area contributed by atoms with Crippen LogP contribution in [0.5, 0.6) is 0 Å². The van der Waals surface area contributed by atoms with Gasteiger partial charge < -0.3 is 24.6 Å². The molecule has 10 heteroatoms. The number of rotatable bonds is 7. The standard InChI is InChI=1S/C32H42FN5O4/c1-32(2,3)42-31(40)38-12-5-17-41-29(22-38)30(39)35-27(20-34)18-26-11-10-25(19-28(26)33)24-8-6-23(7-9-24)21-37-15-13-36(4)14-16-37/h6-11,19,27,29H,5,12-18,21-22H2,1-4H3,(H,35,39)/t27-,29-/m0/s1. The summed E-state index contributed by atoms with van der Waals surface area (Å²) in [5, 5.41) is 12.4. The Morgan fingerprint density at radius 2 is 1.79 bits per heavy atom. The number of halogens is 1. The van der Waals surface area contributed by atoms with Crippen molar-refractivity contribution in [2.45, 2.75) is 57.9 Å². The van der Waals surface area contributed by atoms with Gasteiger partial charge in [-0.3, -0.25) is 9.69 Å². The van der Waals surface area contributed by atoms with Crippen molar-refractivity contribution in [2.75, 3.05) is 52.9 Å². The van der Waals surface area contributed by atoms with Crippen LogP contribution in [0.2, 0.25) is 0 Å². The summed E-state index contributed by atoms with van der Waals surface area (Å²) in [6.07, 6.45) is -0.918. The van der Waals surface area contributed by atoms with Crippen LogP contribution >= 0.6 is 0 Å². The van der Waals surface area contributed by atoms with E-state index >= 15 is 4.39 Å². The number of amides is 2. The van der Waals surface area contributed by atoms with E-state index in [1.54, 1.807) is 26.8 Å². The van der Waals surface area contributed by atoms with Gasteiger partial charge in [0.15, 0.2) is 6.10 Å². The summed E-state index contributed by atoms with van der Waals surface area (Å²) in [6, 6.07) is 14.2. The molecule has 0 bridgehead atoms. The van der Waals surface area contributed by atoms with Crippen molar-refractivity contribution in [1.29, 1.82) is 5.26 Å². The van der Waals surface area contributed by atoms with Crippen molar-refractivity contribution < 1.29 is 23.5 Å². The van der Waals surface area contributed by atoms with Gasteiger partial charge in [0.2, 0.25) is 0 Å². The highest BCUT2D eigenvalue weighted by Gasteiger charge is 2.31. The third-order valence-electron chi connectivity index (χ3n) is 7.46. The molecule has 2 amide bonds. The molecule has 0 spiro atoms. The van der Waals surface area contributed by atoms with Gasteiger partial charge in [-0.1, -0.05) is 36.4 Å². The zero-order chi connectivity index (χ0) is 30.3. The molecule has 2 aromatic carbocycles. The Hall–Kier alpha value is -3.52. The Morgan fingerprint density at radius 1 is 1.10 bits per heavy atom. The van der Waals surface area contributed by atoms with Gasteiger partial charge in [0, 0.05) is 52.3 Å². The molecular weight excluding hydrogens is 537 g/mol. The van der Waals surface area contributed by atoms with Gasteiger partial charge >= 0.3 is 6.09 Å². The van der Waals surface area contributed by atoms with Crippen LogP contribution in [0.3, 0.4) is 0 Å². The quantitative estimate of drug-likeness (QED) is 0.533. The molecule has 0 radical (unpaired) electrons. The average molecular weight is 580 g/mol. The highest BCUT2D eigenvalue weighted by atomic mass is 19.1. The predicted octanol–water partition coefficient (Wildman–Crippen LogP) is 3.82. The van der Waals surface area contributed by atoms with Crippen LogP contribution in [0.25, 0.3) is 11.1 Å². The Labute approximate surface area is 248 Å². The molecule has 1 N–H and O–H groups in total. The number of carbonyl (C=O) groups is 2. The molecule has 226 valence electrons. The van der Waals surface area contributed by atoms with Crippen LogP contribution in [0.1, 0.15) is 38.3 Å². The van der Waals surface area contributed by atoms with Crippen LogP contribution in [-0.2, 0) is 27.2 Å². The SMILES string of the molecule is CN1CCN(Cc2ccc(-c3ccc(C[C@@H](C#N)NC(=O)[C@@H]4CN(C(=O)OC(C)(C)C)CCCO4)c(F)c3)cc2)CC1. The van der Waals surface area contributed by atoms with Gasteiger partial charge in [-0.2, -0.15) is 5.26 Å². The lowest BCUT2D eigenvalue weighted by atomic mass is 9.99. The minimum Gasteiger partial charge on any atom is -0.444 e. The molecular formula is C32H42FN5O4. The molecule has 2 aromatic rings. The molecule has 0 aliphatic carbocycles. The highest BCUT2D eigenvalue weighted by Crippen LogP contribution is 2.24. The smallest absolute Gasteiger partial charge is 0.410 e. The van der Waals surface area contributed by atoms with Crippen LogP contribution in [-0.4, -0.2) is 97.4 Å². The summed E-state index contributed by atoms with van der Waals surface area (Å²) in [6.45, 7) is 11.2. The van der Waals surface area contributed by atoms with Crippen molar-refractivity contribution in [3.63, 3.8) is 0 Å². The minimum absolute atomic E-state index is 0.000808. The fourth-order valence-electron chi connectivity index (χ4n) is 5.05. The number of nitriles is 1. The summed E-state index contributed by atoms with van der Waals surface area (Å²) in [5.41, 5.74) is 2.54. The van der Waals surface area contributed by atoms with Crippen LogP contribution in [0.15, 0.2) is 42.5 Å². The molecule has 2 aliphatic heterocycles. The van der Waals surface area contributed by atoms with Crippen molar-refractivity contribution in [3.05, 3.63) is 59.4 Å². The summed E-state index contributed by atoms with van der Waals surface area (Å²) in [7, 11) is 2.14. The van der Waals surface area contributed by atoms with E-state index in [4.69, 9.17) is 9.47 Å². The molecule has 0 unspecified atom stereocenters. The van der Waals surface area contributed by atoms with Gasteiger partial charge in [0.25, 0.3) is 5.91 Å². The van der Waals surface area contributed by atoms with Crippen molar-refractivity contribution >= 4 is 12.0 Å². The van der Waals surface area contributed by atoms with Crippen LogP contribution < -0.4 is 5.32 Å². The summed E-state index contributed by atoms with van der Waals surface area (Å²) < 4.78 is 26.3. The fourth-order valence-corrected chi connectivity index (χ4v) is 5.05. The van der Waals surface area contributed by atoms with E-state index < -0.39 is 35.6 Å². The van der Waals surface area contributed by atoms with E-state index in [-0.39, 0.29) is 13.0 Å². The third kappa shape index (κ3) is 8.99. The lowest BCUT2D eigenvalue weighted by Gasteiger charge is -2.32. The van der Waals surface area contributed by atoms with Crippen molar-refractivity contribution in [1.82, 2.24) is 20.0 Å². The van der Waals surface area contributed by atoms with E-state index in [0.29, 0.717) is 25.1 Å². The second-order valence-electron chi connectivity index (χ2n) is 12.1. The molecule has 9 nitrogen and oxygen atoms in total. The van der Waals surface area contributed by atoms with E-state index in [9.17, 15) is 14.9 Å². The third-order valence-corrected chi connectivity index (χ3v) is 7.46. The second kappa shape index (κ2) is 14.1. The first-order chi connectivity index (χ1) is 20.0. The van der Waals surface area contributed by atoms with Gasteiger partial charge in [0.1, 0.15) is 17.5 Å². The van der Waals surface area contributed by atoms with Crippen molar-refractivity contribution in [2.24, 2.45) is 0 Å². The first-order valence-corrected chi connectivity index (χ1v) is 14.6. The lowest BCUT2D eigenvalue weighted by Crippen LogP contribution is -2.48. The number of ether oxygens (including phenoxy) is 2. The number of hydrogen-bond acceptors (Lipinski definition) is 7. The summed E-state index contributed by atoms with van der Waals surface area (Å²) in [5.74, 6) is -0.962. The fraction of sp³-hybridized carbons (Fsp3) is 0.531. The van der Waals surface area contributed by atoms with Crippen LogP contribution in [0.4, 0.5) is 9.18 Å².